The summed E-state index contributed by atoms with van der Waals surface area (Å²) in [6.45, 7) is 6.31. The van der Waals surface area contributed by atoms with Gasteiger partial charge in [0.25, 0.3) is 0 Å². The van der Waals surface area contributed by atoms with Gasteiger partial charge in [0.05, 0.1) is 11.0 Å². The number of rotatable bonds is 1. The molecule has 0 heterocycles. The summed E-state index contributed by atoms with van der Waals surface area (Å²) in [6, 6.07) is 0. The highest BCUT2D eigenvalue weighted by molar-refractivity contribution is 6.21. The zero-order valence-electron chi connectivity index (χ0n) is 8.18. The van der Waals surface area contributed by atoms with Crippen molar-refractivity contribution in [3.8, 4) is 0 Å². The van der Waals surface area contributed by atoms with Crippen LogP contribution < -0.4 is 0 Å². The molecule has 0 unspecified atom stereocenters. The summed E-state index contributed by atoms with van der Waals surface area (Å²) < 4.78 is 0. The Balaban J connectivity index is 2.52. The monoisotopic (exact) mass is 190 g/mol. The zero-order chi connectivity index (χ0) is 9.35. The normalized spacial score (nSPS) is 43.5. The molecule has 0 aliphatic heterocycles. The van der Waals surface area contributed by atoms with Crippen LogP contribution in [0.3, 0.4) is 0 Å². The van der Waals surface area contributed by atoms with Gasteiger partial charge in [0.1, 0.15) is 0 Å². The van der Waals surface area contributed by atoms with E-state index < -0.39 is 5.60 Å². The van der Waals surface area contributed by atoms with Gasteiger partial charge in [0, 0.05) is 0 Å². The van der Waals surface area contributed by atoms with Crippen molar-refractivity contribution in [1.29, 1.82) is 0 Å². The van der Waals surface area contributed by atoms with E-state index in [1.54, 1.807) is 0 Å². The van der Waals surface area contributed by atoms with Gasteiger partial charge in [-0.05, 0) is 38.0 Å². The van der Waals surface area contributed by atoms with Gasteiger partial charge >= 0.3 is 0 Å². The van der Waals surface area contributed by atoms with Crippen molar-refractivity contribution in [3.05, 3.63) is 0 Å². The predicted molar refractivity (Wildman–Crippen MR) is 52.4 cm³/mol. The van der Waals surface area contributed by atoms with E-state index in [2.05, 4.69) is 13.8 Å². The lowest BCUT2D eigenvalue weighted by Crippen LogP contribution is -2.42. The lowest BCUT2D eigenvalue weighted by atomic mass is 9.75. The van der Waals surface area contributed by atoms with Crippen molar-refractivity contribution >= 4 is 11.6 Å². The summed E-state index contributed by atoms with van der Waals surface area (Å²) in [7, 11) is 0. The highest BCUT2D eigenvalue weighted by Crippen LogP contribution is 2.38. The van der Waals surface area contributed by atoms with Crippen molar-refractivity contribution in [2.75, 3.05) is 0 Å². The Kier molecular flexibility index (Phi) is 3.06. The molecule has 1 aliphatic carbocycles. The van der Waals surface area contributed by atoms with Crippen molar-refractivity contribution < 1.29 is 5.11 Å². The second-order valence-electron chi connectivity index (χ2n) is 4.60. The Bertz CT molecular complexity index is 154. The van der Waals surface area contributed by atoms with Crippen molar-refractivity contribution in [3.63, 3.8) is 0 Å². The SMILES string of the molecule is CC(C)[C@@H]1CC[C@](C)(O)[C@@H](Cl)C1. The Labute approximate surface area is 80.1 Å². The third-order valence-corrected chi connectivity index (χ3v) is 3.80. The third-order valence-electron chi connectivity index (χ3n) is 3.15. The number of halogens is 1. The van der Waals surface area contributed by atoms with Crippen LogP contribution in [0.4, 0.5) is 0 Å². The van der Waals surface area contributed by atoms with Gasteiger partial charge < -0.3 is 5.11 Å². The van der Waals surface area contributed by atoms with Gasteiger partial charge in [-0.3, -0.25) is 0 Å². The van der Waals surface area contributed by atoms with Gasteiger partial charge in [-0.25, -0.2) is 0 Å². The Morgan fingerprint density at radius 3 is 2.50 bits per heavy atom. The summed E-state index contributed by atoms with van der Waals surface area (Å²) >= 11 is 6.10. The van der Waals surface area contributed by atoms with E-state index in [1.807, 2.05) is 6.92 Å². The lowest BCUT2D eigenvalue weighted by Gasteiger charge is -2.38. The van der Waals surface area contributed by atoms with Crippen LogP contribution in [-0.4, -0.2) is 16.1 Å². The van der Waals surface area contributed by atoms with E-state index in [0.29, 0.717) is 11.8 Å². The fourth-order valence-electron chi connectivity index (χ4n) is 1.88. The molecule has 0 amide bonds. The van der Waals surface area contributed by atoms with E-state index in [0.717, 1.165) is 19.3 Å². The Morgan fingerprint density at radius 2 is 2.08 bits per heavy atom. The average Bonchev–Trinajstić information content (AvgIpc) is 1.94. The molecule has 1 N–H and O–H groups in total. The summed E-state index contributed by atoms with van der Waals surface area (Å²) in [6.07, 6.45) is 2.93. The minimum atomic E-state index is -0.632. The summed E-state index contributed by atoms with van der Waals surface area (Å²) in [5.74, 6) is 1.40. The van der Waals surface area contributed by atoms with Gasteiger partial charge in [-0.2, -0.15) is 0 Å². The predicted octanol–water partition coefficient (Wildman–Crippen LogP) is 2.80. The van der Waals surface area contributed by atoms with Crippen LogP contribution in [0.2, 0.25) is 0 Å². The van der Waals surface area contributed by atoms with Gasteiger partial charge in [-0.15, -0.1) is 11.6 Å². The van der Waals surface area contributed by atoms with E-state index >= 15 is 0 Å². The molecule has 12 heavy (non-hydrogen) atoms. The van der Waals surface area contributed by atoms with Gasteiger partial charge in [-0.1, -0.05) is 13.8 Å². The summed E-state index contributed by atoms with van der Waals surface area (Å²) in [5, 5.41) is 9.75. The first-order chi connectivity index (χ1) is 5.43. The van der Waals surface area contributed by atoms with Crippen LogP contribution in [-0.2, 0) is 0 Å². The summed E-state index contributed by atoms with van der Waals surface area (Å²) in [4.78, 5) is 0. The maximum atomic E-state index is 9.81. The van der Waals surface area contributed by atoms with Crippen LogP contribution in [0, 0.1) is 11.8 Å². The molecule has 1 saturated carbocycles. The van der Waals surface area contributed by atoms with E-state index in [-0.39, 0.29) is 5.38 Å². The standard InChI is InChI=1S/C10H19ClO/c1-7(2)8-4-5-10(3,12)9(11)6-8/h7-9,12H,4-6H2,1-3H3/t8-,9+,10+/m1/s1. The Morgan fingerprint density at radius 1 is 1.50 bits per heavy atom. The molecular weight excluding hydrogens is 172 g/mol. The molecule has 1 fully saturated rings. The maximum absolute atomic E-state index is 9.81. The largest absolute Gasteiger partial charge is 0.389 e. The number of hydrogen-bond acceptors (Lipinski definition) is 1. The number of alkyl halides is 1. The van der Waals surface area contributed by atoms with Crippen LogP contribution >= 0.6 is 11.6 Å². The smallest absolute Gasteiger partial charge is 0.0782 e. The maximum Gasteiger partial charge on any atom is 0.0782 e. The molecule has 1 nitrogen and oxygen atoms in total. The first kappa shape index (κ1) is 10.3. The average molecular weight is 191 g/mol. The minimum Gasteiger partial charge on any atom is -0.389 e. The molecular formula is C10H19ClO. The molecule has 0 radical (unpaired) electrons. The van der Waals surface area contributed by atoms with Crippen LogP contribution in [0.25, 0.3) is 0 Å². The first-order valence-electron chi connectivity index (χ1n) is 4.80. The fourth-order valence-corrected chi connectivity index (χ4v) is 2.22. The molecule has 72 valence electrons. The molecule has 1 aliphatic rings. The first-order valence-corrected chi connectivity index (χ1v) is 5.23. The van der Waals surface area contributed by atoms with Gasteiger partial charge in [0.15, 0.2) is 0 Å². The fraction of sp³-hybridized carbons (Fsp3) is 1.00. The molecule has 1 rings (SSSR count). The number of hydrogen-bond donors (Lipinski definition) is 1. The molecule has 0 aromatic heterocycles. The topological polar surface area (TPSA) is 20.2 Å². The van der Waals surface area contributed by atoms with Crippen LogP contribution in [0.5, 0.6) is 0 Å². The summed E-state index contributed by atoms with van der Waals surface area (Å²) in [5.41, 5.74) is -0.632. The van der Waals surface area contributed by atoms with Crippen LogP contribution in [0.15, 0.2) is 0 Å². The molecule has 0 aromatic rings. The molecule has 2 heteroatoms. The van der Waals surface area contributed by atoms with Crippen molar-refractivity contribution in [2.24, 2.45) is 11.8 Å². The van der Waals surface area contributed by atoms with Crippen molar-refractivity contribution in [1.82, 2.24) is 0 Å². The zero-order valence-corrected chi connectivity index (χ0v) is 8.93. The number of aliphatic hydroxyl groups is 1. The van der Waals surface area contributed by atoms with E-state index in [9.17, 15) is 5.11 Å². The molecule has 0 bridgehead atoms. The lowest BCUT2D eigenvalue weighted by molar-refractivity contribution is 0.00606. The third kappa shape index (κ3) is 2.14. The second kappa shape index (κ2) is 3.55. The van der Waals surface area contributed by atoms with E-state index in [4.69, 9.17) is 11.6 Å². The minimum absolute atomic E-state index is 0.0568. The molecule has 0 spiro atoms. The second-order valence-corrected chi connectivity index (χ2v) is 5.13. The van der Waals surface area contributed by atoms with E-state index in [1.165, 1.54) is 0 Å². The van der Waals surface area contributed by atoms with Crippen LogP contribution in [0.1, 0.15) is 40.0 Å². The molecule has 0 aromatic carbocycles. The van der Waals surface area contributed by atoms with Crippen molar-refractivity contribution in [2.45, 2.75) is 51.0 Å². The molecule has 0 saturated heterocycles. The highest BCUT2D eigenvalue weighted by atomic mass is 35.5. The molecule has 3 atom stereocenters. The highest BCUT2D eigenvalue weighted by Gasteiger charge is 2.37. The van der Waals surface area contributed by atoms with Gasteiger partial charge in [0.2, 0.25) is 0 Å². The Hall–Kier alpha value is 0.250. The quantitative estimate of drug-likeness (QED) is 0.631.